The Labute approximate surface area is 173 Å². The average molecular weight is 436 g/mol. The van der Waals surface area contributed by atoms with Crippen LogP contribution in [-0.2, 0) is 4.79 Å². The average Bonchev–Trinajstić information content (AvgIpc) is 2.68. The molecule has 0 bridgehead atoms. The van der Waals surface area contributed by atoms with Crippen LogP contribution in [0.5, 0.6) is 5.75 Å². The van der Waals surface area contributed by atoms with Crippen molar-refractivity contribution in [2.24, 2.45) is 0 Å². The number of rotatable bonds is 7. The summed E-state index contributed by atoms with van der Waals surface area (Å²) in [5.74, 6) is 1.23. The fourth-order valence-electron chi connectivity index (χ4n) is 4.68. The van der Waals surface area contributed by atoms with Crippen LogP contribution in [-0.4, -0.2) is 29.5 Å². The van der Waals surface area contributed by atoms with Crippen molar-refractivity contribution in [2.45, 2.75) is 96.1 Å². The molecular weight excluding hydrogens is 402 g/mol. The van der Waals surface area contributed by atoms with Gasteiger partial charge in [-0.1, -0.05) is 44.6 Å². The third-order valence-corrected chi connectivity index (χ3v) is 6.72. The largest absolute Gasteiger partial charge is 0.492 e. The maximum atomic E-state index is 13.1. The predicted molar refractivity (Wildman–Crippen MR) is 114 cm³/mol. The summed E-state index contributed by atoms with van der Waals surface area (Å²) in [7, 11) is 0. The first kappa shape index (κ1) is 20.7. The van der Waals surface area contributed by atoms with Crippen LogP contribution >= 0.6 is 15.9 Å². The Kier molecular flexibility index (Phi) is 8.05. The highest BCUT2D eigenvalue weighted by molar-refractivity contribution is 9.10. The van der Waals surface area contributed by atoms with Crippen molar-refractivity contribution in [1.82, 2.24) is 4.90 Å². The number of hydrogen-bond donors (Lipinski definition) is 0. The molecule has 0 aliphatic heterocycles. The minimum atomic E-state index is 0.361. The molecule has 2 aliphatic rings. The summed E-state index contributed by atoms with van der Waals surface area (Å²) < 4.78 is 6.88. The molecule has 1 aromatic rings. The van der Waals surface area contributed by atoms with E-state index in [0.717, 1.165) is 16.6 Å². The number of nitrogens with zero attached hydrogens (tertiary/aromatic N) is 1. The third kappa shape index (κ3) is 5.97. The molecule has 4 heteroatoms. The second-order valence-corrected chi connectivity index (χ2v) is 9.12. The van der Waals surface area contributed by atoms with Gasteiger partial charge in [0.25, 0.3) is 0 Å². The first-order valence-electron chi connectivity index (χ1n) is 10.9. The first-order chi connectivity index (χ1) is 13.1. The SMILES string of the molecule is Cc1ccc(OCCCC(=O)N(C2CCCCC2)C2CCCCC2)c(Br)c1. The number of amides is 1. The zero-order chi connectivity index (χ0) is 19.1. The summed E-state index contributed by atoms with van der Waals surface area (Å²) in [4.78, 5) is 15.4. The van der Waals surface area contributed by atoms with E-state index in [1.807, 2.05) is 6.07 Å². The fourth-order valence-corrected chi connectivity index (χ4v) is 5.29. The van der Waals surface area contributed by atoms with Crippen LogP contribution in [0.15, 0.2) is 22.7 Å². The van der Waals surface area contributed by atoms with E-state index in [4.69, 9.17) is 4.74 Å². The number of hydrogen-bond acceptors (Lipinski definition) is 2. The molecule has 0 spiro atoms. The standard InChI is InChI=1S/C23H34BrNO2/c1-18-14-15-22(21(24)17-18)27-16-8-13-23(26)25(19-9-4-2-5-10-19)20-11-6-3-7-12-20/h14-15,17,19-20H,2-13,16H2,1H3. The minimum absolute atomic E-state index is 0.361. The normalized spacial score (nSPS) is 19.0. The van der Waals surface area contributed by atoms with Gasteiger partial charge in [0.15, 0.2) is 0 Å². The van der Waals surface area contributed by atoms with Crippen LogP contribution in [0.1, 0.15) is 82.6 Å². The van der Waals surface area contributed by atoms with Gasteiger partial charge >= 0.3 is 0 Å². The molecule has 2 aliphatic carbocycles. The number of halogens is 1. The zero-order valence-electron chi connectivity index (χ0n) is 16.7. The maximum absolute atomic E-state index is 13.1. The smallest absolute Gasteiger partial charge is 0.223 e. The first-order valence-corrected chi connectivity index (χ1v) is 11.6. The molecular formula is C23H34BrNO2. The molecule has 0 unspecified atom stereocenters. The Morgan fingerprint density at radius 2 is 1.63 bits per heavy atom. The summed E-state index contributed by atoms with van der Waals surface area (Å²) >= 11 is 3.56. The van der Waals surface area contributed by atoms with Crippen LogP contribution in [0.3, 0.4) is 0 Å². The van der Waals surface area contributed by atoms with Crippen molar-refractivity contribution in [3.05, 3.63) is 28.2 Å². The van der Waals surface area contributed by atoms with Crippen molar-refractivity contribution < 1.29 is 9.53 Å². The van der Waals surface area contributed by atoms with E-state index in [0.29, 0.717) is 31.0 Å². The Bertz CT molecular complexity index is 588. The molecule has 0 N–H and O–H groups in total. The van der Waals surface area contributed by atoms with E-state index in [-0.39, 0.29) is 0 Å². The number of ether oxygens (including phenoxy) is 1. The lowest BCUT2D eigenvalue weighted by Crippen LogP contribution is -2.48. The van der Waals surface area contributed by atoms with Gasteiger partial charge in [0.05, 0.1) is 11.1 Å². The van der Waals surface area contributed by atoms with E-state index in [9.17, 15) is 4.79 Å². The summed E-state index contributed by atoms with van der Waals surface area (Å²) in [6, 6.07) is 7.09. The van der Waals surface area contributed by atoms with E-state index >= 15 is 0 Å². The molecule has 0 heterocycles. The topological polar surface area (TPSA) is 29.5 Å². The number of benzene rings is 1. The van der Waals surface area contributed by atoms with Crippen LogP contribution in [0.2, 0.25) is 0 Å². The molecule has 2 saturated carbocycles. The summed E-state index contributed by atoms with van der Waals surface area (Å²) in [6.45, 7) is 2.66. The molecule has 150 valence electrons. The predicted octanol–water partition coefficient (Wildman–Crippen LogP) is 6.41. The third-order valence-electron chi connectivity index (χ3n) is 6.10. The highest BCUT2D eigenvalue weighted by atomic mass is 79.9. The van der Waals surface area contributed by atoms with Crippen LogP contribution < -0.4 is 4.74 Å². The quantitative estimate of drug-likeness (QED) is 0.462. The second kappa shape index (κ2) is 10.5. The molecule has 2 fully saturated rings. The lowest BCUT2D eigenvalue weighted by molar-refractivity contribution is -0.138. The molecule has 3 rings (SSSR count). The molecule has 3 nitrogen and oxygen atoms in total. The van der Waals surface area contributed by atoms with E-state index < -0.39 is 0 Å². The number of aryl methyl sites for hydroxylation is 1. The van der Waals surface area contributed by atoms with Crippen LogP contribution in [0, 0.1) is 6.92 Å². The van der Waals surface area contributed by atoms with Crippen molar-refractivity contribution >= 4 is 21.8 Å². The monoisotopic (exact) mass is 435 g/mol. The summed E-state index contributed by atoms with van der Waals surface area (Å²) in [5.41, 5.74) is 1.21. The Morgan fingerprint density at radius 1 is 1.04 bits per heavy atom. The molecule has 27 heavy (non-hydrogen) atoms. The maximum Gasteiger partial charge on any atom is 0.223 e. The Morgan fingerprint density at radius 3 is 2.19 bits per heavy atom. The van der Waals surface area contributed by atoms with Gasteiger partial charge in [-0.2, -0.15) is 0 Å². The van der Waals surface area contributed by atoms with E-state index in [1.54, 1.807) is 0 Å². The van der Waals surface area contributed by atoms with Crippen LogP contribution in [0.25, 0.3) is 0 Å². The molecule has 1 amide bonds. The minimum Gasteiger partial charge on any atom is -0.492 e. The van der Waals surface area contributed by atoms with Gasteiger partial charge in [-0.05, 0) is 72.7 Å². The van der Waals surface area contributed by atoms with Gasteiger partial charge < -0.3 is 9.64 Å². The second-order valence-electron chi connectivity index (χ2n) is 8.27. The zero-order valence-corrected chi connectivity index (χ0v) is 18.3. The van der Waals surface area contributed by atoms with Gasteiger partial charge in [-0.25, -0.2) is 0 Å². The Balaban J connectivity index is 1.52. The molecule has 0 aromatic heterocycles. The van der Waals surface area contributed by atoms with Crippen molar-refractivity contribution in [2.75, 3.05) is 6.61 Å². The summed E-state index contributed by atoms with van der Waals surface area (Å²) in [5, 5.41) is 0. The van der Waals surface area contributed by atoms with Crippen molar-refractivity contribution in [3.8, 4) is 5.75 Å². The Hall–Kier alpha value is -1.03. The molecule has 0 radical (unpaired) electrons. The molecule has 1 aromatic carbocycles. The fraction of sp³-hybridized carbons (Fsp3) is 0.696. The van der Waals surface area contributed by atoms with Gasteiger partial charge in [0.2, 0.25) is 5.91 Å². The van der Waals surface area contributed by atoms with Gasteiger partial charge in [-0.3, -0.25) is 4.79 Å². The highest BCUT2D eigenvalue weighted by Gasteiger charge is 2.31. The molecule has 0 saturated heterocycles. The summed E-state index contributed by atoms with van der Waals surface area (Å²) in [6.07, 6.45) is 14.0. The molecule has 0 atom stereocenters. The van der Waals surface area contributed by atoms with Crippen molar-refractivity contribution in [1.29, 1.82) is 0 Å². The van der Waals surface area contributed by atoms with Gasteiger partial charge in [-0.15, -0.1) is 0 Å². The lowest BCUT2D eigenvalue weighted by Gasteiger charge is -2.42. The van der Waals surface area contributed by atoms with E-state index in [2.05, 4.69) is 39.9 Å². The highest BCUT2D eigenvalue weighted by Crippen LogP contribution is 2.31. The van der Waals surface area contributed by atoms with Crippen LogP contribution in [0.4, 0.5) is 0 Å². The van der Waals surface area contributed by atoms with E-state index in [1.165, 1.54) is 69.8 Å². The van der Waals surface area contributed by atoms with Crippen molar-refractivity contribution in [3.63, 3.8) is 0 Å². The lowest BCUT2D eigenvalue weighted by atomic mass is 9.88. The van der Waals surface area contributed by atoms with Gasteiger partial charge in [0.1, 0.15) is 5.75 Å². The van der Waals surface area contributed by atoms with Gasteiger partial charge in [0, 0.05) is 18.5 Å². The number of carbonyl (C=O) groups excluding carboxylic acids is 1. The number of carbonyl (C=O) groups is 1.